The Hall–Kier alpha value is -3.23. The molecule has 9 heteroatoms. The molecule has 2 aromatic carbocycles. The predicted molar refractivity (Wildman–Crippen MR) is 118 cm³/mol. The number of carbonyl (C=O) groups excluding carboxylic acids is 1. The first-order valence-electron chi connectivity index (χ1n) is 9.89. The molecule has 3 aromatic rings. The third kappa shape index (κ3) is 5.48. The zero-order chi connectivity index (χ0) is 21.6. The number of anilines is 1. The monoisotopic (exact) mass is 441 g/mol. The number of nitrogens with zero attached hydrogens (tertiary/aromatic N) is 2. The lowest BCUT2D eigenvalue weighted by molar-refractivity contribution is 0.0824. The minimum Gasteiger partial charge on any atom is -0.381 e. The molecule has 1 amide bonds. The number of hydrogen-bond donors (Lipinski definition) is 3. The molecule has 0 unspecified atom stereocenters. The minimum absolute atomic E-state index is 0.0517. The number of rotatable bonds is 4. The minimum atomic E-state index is -0.672. The second-order valence-electron chi connectivity index (χ2n) is 7.08. The molecule has 0 spiro atoms. The van der Waals surface area contributed by atoms with Crippen LogP contribution in [0.4, 0.5) is 10.2 Å². The predicted octanol–water partition coefficient (Wildman–Crippen LogP) is 4.25. The number of hydrogen-bond acceptors (Lipinski definition) is 3. The molecule has 0 atom stereocenters. The highest BCUT2D eigenvalue weighted by molar-refractivity contribution is 6.30. The van der Waals surface area contributed by atoms with E-state index in [9.17, 15) is 9.18 Å². The molecule has 2 heterocycles. The van der Waals surface area contributed by atoms with Crippen LogP contribution in [0.3, 0.4) is 0 Å². The van der Waals surface area contributed by atoms with Gasteiger partial charge >= 0.3 is 0 Å². The number of ether oxygens (including phenoxy) is 1. The van der Waals surface area contributed by atoms with Gasteiger partial charge in [0.05, 0.1) is 10.7 Å². The standard InChI is InChI=1S/C22H21ClFN5O2/c23-17-7-6-15(12-18(17)24)21(30)27-22(25-16-8-10-31-11-9-16)26-20-13-19(28-29-20)14-4-2-1-3-5-14/h1-7,12-13,16H,8-11H2,(H3,25,26,27,28,29,30). The van der Waals surface area contributed by atoms with Crippen LogP contribution in [0.25, 0.3) is 11.3 Å². The quantitative estimate of drug-likeness (QED) is 0.416. The molecule has 0 bridgehead atoms. The number of halogens is 2. The summed E-state index contributed by atoms with van der Waals surface area (Å²) < 4.78 is 19.2. The van der Waals surface area contributed by atoms with Gasteiger partial charge in [-0.1, -0.05) is 41.9 Å². The largest absolute Gasteiger partial charge is 0.381 e. The summed E-state index contributed by atoms with van der Waals surface area (Å²) in [7, 11) is 0. The molecule has 1 aliphatic heterocycles. The number of carbonyl (C=O) groups is 1. The summed E-state index contributed by atoms with van der Waals surface area (Å²) in [6.45, 7) is 1.25. The van der Waals surface area contributed by atoms with E-state index in [0.29, 0.717) is 19.0 Å². The third-order valence-corrected chi connectivity index (χ3v) is 5.16. The van der Waals surface area contributed by atoms with Crippen molar-refractivity contribution in [1.82, 2.24) is 15.5 Å². The molecule has 31 heavy (non-hydrogen) atoms. The second kappa shape index (κ2) is 9.72. The lowest BCUT2D eigenvalue weighted by Gasteiger charge is -2.24. The highest BCUT2D eigenvalue weighted by Crippen LogP contribution is 2.20. The van der Waals surface area contributed by atoms with Gasteiger partial charge in [-0.05, 0) is 36.6 Å². The van der Waals surface area contributed by atoms with Crippen molar-refractivity contribution in [1.29, 1.82) is 0 Å². The summed E-state index contributed by atoms with van der Waals surface area (Å²) >= 11 is 5.71. The van der Waals surface area contributed by atoms with E-state index in [2.05, 4.69) is 25.8 Å². The lowest BCUT2D eigenvalue weighted by atomic mass is 10.1. The molecule has 160 valence electrons. The Morgan fingerprint density at radius 1 is 1.16 bits per heavy atom. The molecule has 0 radical (unpaired) electrons. The summed E-state index contributed by atoms with van der Waals surface area (Å²) in [5, 5.41) is 13.5. The first-order chi connectivity index (χ1) is 15.1. The summed E-state index contributed by atoms with van der Waals surface area (Å²) in [6.07, 6.45) is 1.56. The number of aromatic nitrogens is 2. The van der Waals surface area contributed by atoms with Crippen LogP contribution < -0.4 is 10.6 Å². The van der Waals surface area contributed by atoms with E-state index in [-0.39, 0.29) is 22.6 Å². The Morgan fingerprint density at radius 3 is 2.68 bits per heavy atom. The van der Waals surface area contributed by atoms with Crippen LogP contribution >= 0.6 is 11.6 Å². The van der Waals surface area contributed by atoms with Gasteiger partial charge in [-0.3, -0.25) is 9.89 Å². The molecule has 1 aromatic heterocycles. The van der Waals surface area contributed by atoms with Crippen molar-refractivity contribution in [2.75, 3.05) is 18.5 Å². The van der Waals surface area contributed by atoms with Gasteiger partial charge in [0.15, 0.2) is 5.82 Å². The maximum Gasteiger partial charge on any atom is 0.280 e. The van der Waals surface area contributed by atoms with Crippen molar-refractivity contribution < 1.29 is 13.9 Å². The van der Waals surface area contributed by atoms with Gasteiger partial charge < -0.3 is 15.4 Å². The van der Waals surface area contributed by atoms with E-state index in [1.807, 2.05) is 36.4 Å². The van der Waals surface area contributed by atoms with E-state index in [4.69, 9.17) is 16.3 Å². The number of aliphatic imine (C=N–C) groups is 1. The topological polar surface area (TPSA) is 91.4 Å². The maximum absolute atomic E-state index is 13.8. The third-order valence-electron chi connectivity index (χ3n) is 4.85. The van der Waals surface area contributed by atoms with Crippen LogP contribution in [0.15, 0.2) is 59.6 Å². The SMILES string of the molecule is O=C(/N=C(\Nc1cc(-c2ccccc2)[nH]n1)NC1CCOCC1)c1ccc(Cl)c(F)c1. The highest BCUT2D eigenvalue weighted by Gasteiger charge is 2.18. The zero-order valence-electron chi connectivity index (χ0n) is 16.6. The van der Waals surface area contributed by atoms with Crippen molar-refractivity contribution in [2.24, 2.45) is 4.99 Å². The van der Waals surface area contributed by atoms with Crippen molar-refractivity contribution in [3.05, 3.63) is 71.0 Å². The van der Waals surface area contributed by atoms with Crippen LogP contribution in [0.1, 0.15) is 23.2 Å². The number of guanidine groups is 1. The highest BCUT2D eigenvalue weighted by atomic mass is 35.5. The molecule has 3 N–H and O–H groups in total. The molecule has 1 aliphatic rings. The Bertz CT molecular complexity index is 1080. The van der Waals surface area contributed by atoms with E-state index >= 15 is 0 Å². The molecule has 1 saturated heterocycles. The molecule has 7 nitrogen and oxygen atoms in total. The van der Waals surface area contributed by atoms with Crippen LogP contribution in [0, 0.1) is 5.82 Å². The van der Waals surface area contributed by atoms with E-state index in [1.165, 1.54) is 12.1 Å². The summed E-state index contributed by atoms with van der Waals surface area (Å²) in [5.74, 6) is -0.545. The summed E-state index contributed by atoms with van der Waals surface area (Å²) in [6, 6.07) is 15.5. The first-order valence-corrected chi connectivity index (χ1v) is 10.3. The molecule has 0 aliphatic carbocycles. The Labute approximate surface area is 183 Å². The van der Waals surface area contributed by atoms with Crippen LogP contribution in [0.2, 0.25) is 5.02 Å². The number of benzene rings is 2. The Morgan fingerprint density at radius 2 is 1.94 bits per heavy atom. The van der Waals surface area contributed by atoms with Crippen molar-refractivity contribution in [3.8, 4) is 11.3 Å². The molecular weight excluding hydrogens is 421 g/mol. The van der Waals surface area contributed by atoms with Crippen molar-refractivity contribution in [3.63, 3.8) is 0 Å². The number of amides is 1. The van der Waals surface area contributed by atoms with Gasteiger partial charge in [0.1, 0.15) is 5.82 Å². The van der Waals surface area contributed by atoms with Crippen molar-refractivity contribution in [2.45, 2.75) is 18.9 Å². The van der Waals surface area contributed by atoms with Gasteiger partial charge in [0.25, 0.3) is 5.91 Å². The average Bonchev–Trinajstić information content (AvgIpc) is 3.25. The number of nitrogens with one attached hydrogen (secondary N) is 3. The van der Waals surface area contributed by atoms with Crippen LogP contribution in [-0.4, -0.2) is 41.3 Å². The van der Waals surface area contributed by atoms with Gasteiger partial charge in [-0.15, -0.1) is 0 Å². The Kier molecular flexibility index (Phi) is 6.59. The van der Waals surface area contributed by atoms with Crippen LogP contribution in [0.5, 0.6) is 0 Å². The van der Waals surface area contributed by atoms with E-state index in [0.717, 1.165) is 30.2 Å². The molecule has 0 saturated carbocycles. The molecular formula is C22H21ClFN5O2. The maximum atomic E-state index is 13.8. The Balaban J connectivity index is 1.56. The number of H-pyrrole nitrogens is 1. The van der Waals surface area contributed by atoms with E-state index in [1.54, 1.807) is 0 Å². The first kappa shape index (κ1) is 21.0. The fraction of sp³-hybridized carbons (Fsp3) is 0.227. The fourth-order valence-electron chi connectivity index (χ4n) is 3.20. The average molecular weight is 442 g/mol. The number of aromatic amines is 1. The summed E-state index contributed by atoms with van der Waals surface area (Å²) in [4.78, 5) is 16.8. The van der Waals surface area contributed by atoms with Crippen molar-refractivity contribution >= 4 is 29.3 Å². The van der Waals surface area contributed by atoms with Gasteiger partial charge in [0.2, 0.25) is 5.96 Å². The van der Waals surface area contributed by atoms with Gasteiger partial charge in [-0.2, -0.15) is 10.1 Å². The van der Waals surface area contributed by atoms with E-state index < -0.39 is 11.7 Å². The smallest absolute Gasteiger partial charge is 0.280 e. The normalized spacial score (nSPS) is 15.0. The summed E-state index contributed by atoms with van der Waals surface area (Å²) in [5.41, 5.74) is 1.90. The van der Waals surface area contributed by atoms with Gasteiger partial charge in [-0.25, -0.2) is 4.39 Å². The second-order valence-corrected chi connectivity index (χ2v) is 7.49. The fourth-order valence-corrected chi connectivity index (χ4v) is 3.32. The zero-order valence-corrected chi connectivity index (χ0v) is 17.3. The van der Waals surface area contributed by atoms with Crippen LogP contribution in [-0.2, 0) is 4.74 Å². The van der Waals surface area contributed by atoms with Gasteiger partial charge in [0, 0.05) is 30.9 Å². The lowest BCUT2D eigenvalue weighted by Crippen LogP contribution is -2.42. The molecule has 1 fully saturated rings. The molecule has 4 rings (SSSR count).